The third-order valence-electron chi connectivity index (χ3n) is 6.95. The quantitative estimate of drug-likeness (QED) is 0.122. The van der Waals surface area contributed by atoms with Crippen LogP contribution in [0.5, 0.6) is 0 Å². The second kappa shape index (κ2) is 17.3. The molecule has 2 aliphatic rings. The fourth-order valence-electron chi connectivity index (χ4n) is 5.07. The zero-order chi connectivity index (χ0) is 34.7. The Morgan fingerprint density at radius 1 is 0.571 bits per heavy atom. The summed E-state index contributed by atoms with van der Waals surface area (Å²) in [7, 11) is -0.611. The van der Waals surface area contributed by atoms with Crippen molar-refractivity contribution in [3.05, 3.63) is 154 Å². The van der Waals surface area contributed by atoms with E-state index in [1.54, 1.807) is 26.4 Å². The van der Waals surface area contributed by atoms with Gasteiger partial charge in [-0.15, -0.1) is 0 Å². The van der Waals surface area contributed by atoms with Crippen LogP contribution in [0.1, 0.15) is 36.1 Å². The average Bonchev–Trinajstić information content (AvgIpc) is 3.58. The molecule has 2 heterocycles. The number of amidine groups is 2. The van der Waals surface area contributed by atoms with Crippen LogP contribution in [0.2, 0.25) is 0 Å². The molecule has 0 saturated carbocycles. The van der Waals surface area contributed by atoms with Crippen LogP contribution in [0.3, 0.4) is 0 Å². The van der Waals surface area contributed by atoms with E-state index in [2.05, 4.69) is 31.3 Å². The van der Waals surface area contributed by atoms with Gasteiger partial charge < -0.3 is 42.1 Å². The Morgan fingerprint density at radius 2 is 0.796 bits per heavy atom. The predicted molar refractivity (Wildman–Crippen MR) is 192 cm³/mol. The number of hydrogen-bond donors (Lipinski definition) is 4. The van der Waals surface area contributed by atoms with Gasteiger partial charge in [-0.25, -0.2) is 0 Å². The van der Waals surface area contributed by atoms with Gasteiger partial charge in [0.15, 0.2) is 0 Å². The van der Waals surface area contributed by atoms with Gasteiger partial charge in [-0.05, 0) is 36.1 Å². The fourth-order valence-corrected chi connectivity index (χ4v) is 5.07. The molecule has 2 amide bonds. The van der Waals surface area contributed by atoms with Crippen LogP contribution in [-0.2, 0) is 48.5 Å². The Kier molecular flexibility index (Phi) is 13.5. The summed E-state index contributed by atoms with van der Waals surface area (Å²) < 4.78 is 9.56. The van der Waals surface area contributed by atoms with Gasteiger partial charge >= 0.3 is 17.1 Å². The van der Waals surface area contributed by atoms with Crippen LogP contribution in [-0.4, -0.2) is 52.1 Å². The van der Waals surface area contributed by atoms with Crippen LogP contribution in [0, 0.1) is 10.8 Å². The predicted octanol–water partition coefficient (Wildman–Crippen LogP) is 5.57. The first kappa shape index (κ1) is 38.2. The van der Waals surface area contributed by atoms with E-state index in [4.69, 9.17) is 10.8 Å². The maximum Gasteiger partial charge on any atom is 2.00 e. The summed E-state index contributed by atoms with van der Waals surface area (Å²) in [5.74, 6) is 0.0113. The number of amides is 2. The number of guanidine groups is 2. The van der Waals surface area contributed by atoms with Crippen molar-refractivity contribution in [2.45, 2.75) is 24.9 Å². The standard InChI is InChI=1S/2C17H16N4O.C2H6OS.Cu/c2*1-12(18)19-16-20-15(22)17(21-16,13-8-4-2-5-9-13)14-10-6-3-7-11-14;1-4(2)3;/h2*2-11H,1H3,(H3,18,19,20,21,22);1-2H3;/q;;;+2/p-2. The Hall–Kier alpha value is -5.23. The summed E-state index contributed by atoms with van der Waals surface area (Å²) in [5.41, 5.74) is 0.674. The summed E-state index contributed by atoms with van der Waals surface area (Å²) >= 11 is 0. The maximum absolute atomic E-state index is 12.7. The van der Waals surface area contributed by atoms with Crippen LogP contribution < -0.4 is 10.6 Å². The summed E-state index contributed by atoms with van der Waals surface area (Å²) in [6, 6.07) is 37.5. The van der Waals surface area contributed by atoms with Gasteiger partial charge in [-0.2, -0.15) is 0 Å². The minimum Gasteiger partial charge on any atom is -0.401 e. The molecule has 4 aromatic rings. The van der Waals surface area contributed by atoms with Crippen LogP contribution in [0.15, 0.2) is 131 Å². The molecule has 0 saturated heterocycles. The third-order valence-corrected chi connectivity index (χ3v) is 6.95. The Bertz CT molecular complexity index is 1640. The number of carbonyl (C=O) groups excluding carboxylic acids is 2. The van der Waals surface area contributed by atoms with Crippen molar-refractivity contribution >= 4 is 46.2 Å². The number of carbonyl (C=O) groups is 2. The van der Waals surface area contributed by atoms with E-state index >= 15 is 0 Å². The zero-order valence-corrected chi connectivity index (χ0v) is 29.0. The topological polar surface area (TPSA) is 176 Å². The SMILES string of the molecule is CC(=N)NC1=NC(c2ccccc2)(c2ccccc2)C(=O)[N-]1.CC(=N)NC1=NC(c2ccccc2)(c2ccccc2)C(=O)[N-]1.CS(C)=O.[Cu+2]. The van der Waals surface area contributed by atoms with E-state index in [1.165, 1.54) is 0 Å². The molecule has 4 aromatic carbocycles. The Balaban J connectivity index is 0.000000235. The van der Waals surface area contributed by atoms with Gasteiger partial charge in [0.05, 0.1) is 0 Å². The number of nitrogens with zero attached hydrogens (tertiary/aromatic N) is 4. The van der Waals surface area contributed by atoms with Crippen LogP contribution in [0.4, 0.5) is 0 Å². The van der Waals surface area contributed by atoms with Crippen molar-refractivity contribution in [1.29, 1.82) is 10.8 Å². The van der Waals surface area contributed by atoms with E-state index < -0.39 is 21.9 Å². The largest absolute Gasteiger partial charge is 2.00 e. The van der Waals surface area contributed by atoms with Crippen molar-refractivity contribution in [1.82, 2.24) is 10.6 Å². The van der Waals surface area contributed by atoms with Gasteiger partial charge in [-0.1, -0.05) is 121 Å². The second-order valence-corrected chi connectivity index (χ2v) is 12.3. The summed E-state index contributed by atoms with van der Waals surface area (Å²) in [6.45, 7) is 3.15. The molecule has 0 atom stereocenters. The molecule has 13 heteroatoms. The van der Waals surface area contributed by atoms with E-state index in [1.807, 2.05) is 121 Å². The fraction of sp³-hybridized carbons (Fsp3) is 0.167. The molecule has 0 bridgehead atoms. The number of nitrogens with one attached hydrogen (secondary N) is 4. The van der Waals surface area contributed by atoms with Gasteiger partial charge in [0.25, 0.3) is 0 Å². The molecule has 0 aliphatic carbocycles. The van der Waals surface area contributed by atoms with Gasteiger partial charge in [0.2, 0.25) is 11.8 Å². The summed E-state index contributed by atoms with van der Waals surface area (Å²) in [5, 5.41) is 28.4. The van der Waals surface area contributed by atoms with Crippen molar-refractivity contribution < 1.29 is 30.9 Å². The molecule has 0 unspecified atom stereocenters. The normalized spacial score (nSPS) is 15.0. The Morgan fingerprint density at radius 3 is 1.00 bits per heavy atom. The van der Waals surface area contributed by atoms with Gasteiger partial charge in [0, 0.05) is 46.9 Å². The number of rotatable bonds is 4. The van der Waals surface area contributed by atoms with Crippen molar-refractivity contribution in [2.75, 3.05) is 12.5 Å². The molecule has 255 valence electrons. The van der Waals surface area contributed by atoms with E-state index in [0.29, 0.717) is 0 Å². The molecule has 4 N–H and O–H groups in total. The monoisotopic (exact) mass is 723 g/mol. The van der Waals surface area contributed by atoms with Crippen molar-refractivity contribution in [3.63, 3.8) is 0 Å². The molecular formula is C36H36CuN8O3S. The molecule has 11 nitrogen and oxygen atoms in total. The van der Waals surface area contributed by atoms with Gasteiger partial charge in [-0.3, -0.25) is 13.8 Å². The molecule has 0 spiro atoms. The first-order chi connectivity index (χ1) is 23.0. The smallest absolute Gasteiger partial charge is 0.401 e. The minimum atomic E-state index is -1.18. The number of benzene rings is 4. The maximum atomic E-state index is 12.7. The average molecular weight is 724 g/mol. The Labute approximate surface area is 299 Å². The first-order valence-electron chi connectivity index (χ1n) is 14.8. The molecule has 49 heavy (non-hydrogen) atoms. The van der Waals surface area contributed by atoms with Crippen LogP contribution >= 0.6 is 0 Å². The third kappa shape index (κ3) is 9.02. The molecule has 0 aromatic heterocycles. The molecule has 2 aliphatic heterocycles. The summed E-state index contributed by atoms with van der Waals surface area (Å²) in [4.78, 5) is 34.5. The van der Waals surface area contributed by atoms with Crippen LogP contribution in [0.25, 0.3) is 10.6 Å². The second-order valence-electron chi connectivity index (χ2n) is 10.8. The summed E-state index contributed by atoms with van der Waals surface area (Å²) in [6.07, 6.45) is 3.28. The van der Waals surface area contributed by atoms with Crippen molar-refractivity contribution in [2.24, 2.45) is 9.98 Å². The molecule has 6 rings (SSSR count). The van der Waals surface area contributed by atoms with E-state index in [-0.39, 0.29) is 52.5 Å². The molecule has 1 radical (unpaired) electrons. The number of hydrogen-bond acceptors (Lipinski definition) is 7. The van der Waals surface area contributed by atoms with E-state index in [0.717, 1.165) is 22.3 Å². The molecule has 0 fully saturated rings. The van der Waals surface area contributed by atoms with Crippen molar-refractivity contribution in [3.8, 4) is 0 Å². The first-order valence-corrected chi connectivity index (χ1v) is 16.8. The number of aliphatic imine (C=N–C) groups is 2. The molecular weight excluding hydrogens is 688 g/mol. The minimum absolute atomic E-state index is 0. The van der Waals surface area contributed by atoms with Gasteiger partial charge in [0.1, 0.15) is 11.1 Å². The van der Waals surface area contributed by atoms with E-state index in [9.17, 15) is 13.8 Å². The zero-order valence-electron chi connectivity index (χ0n) is 27.3.